The lowest BCUT2D eigenvalue weighted by Crippen LogP contribution is -2.36. The third-order valence-corrected chi connectivity index (χ3v) is 6.48. The zero-order valence-electron chi connectivity index (χ0n) is 20.6. The molecule has 2 atom stereocenters. The monoisotopic (exact) mass is 512 g/mol. The van der Waals surface area contributed by atoms with Crippen molar-refractivity contribution in [2.24, 2.45) is 0 Å². The Morgan fingerprint density at radius 3 is 1.13 bits per heavy atom. The summed E-state index contributed by atoms with van der Waals surface area (Å²) in [6, 6.07) is 29.4. The van der Waals surface area contributed by atoms with Crippen molar-refractivity contribution in [1.82, 2.24) is 0 Å². The first-order valence-corrected chi connectivity index (χ1v) is 11.7. The van der Waals surface area contributed by atoms with Crippen molar-refractivity contribution in [3.05, 3.63) is 152 Å². The van der Waals surface area contributed by atoms with Crippen LogP contribution in [0.5, 0.6) is 0 Å². The van der Waals surface area contributed by atoms with E-state index in [4.69, 9.17) is 9.47 Å². The minimum atomic E-state index is -1.35. The van der Waals surface area contributed by atoms with Crippen molar-refractivity contribution in [3.63, 3.8) is 0 Å². The largest absolute Gasteiger partial charge is 0.510 e. The van der Waals surface area contributed by atoms with Crippen LogP contribution in [0, 0.1) is 20.2 Å². The number of nitro benzene ring substituents is 2. The zero-order chi connectivity index (χ0) is 27.3. The van der Waals surface area contributed by atoms with Crippen molar-refractivity contribution in [2.45, 2.75) is 25.0 Å². The summed E-state index contributed by atoms with van der Waals surface area (Å²) in [5, 5.41) is 22.3. The Balaban J connectivity index is 1.72. The molecule has 0 saturated carbocycles. The van der Waals surface area contributed by atoms with Crippen LogP contribution in [0.25, 0.3) is 0 Å². The molecule has 0 aliphatic carbocycles. The molecule has 4 aromatic rings. The van der Waals surface area contributed by atoms with Gasteiger partial charge in [-0.25, -0.2) is 4.79 Å². The molecule has 0 aromatic heterocycles. The fourth-order valence-corrected chi connectivity index (χ4v) is 4.24. The van der Waals surface area contributed by atoms with E-state index in [1.54, 1.807) is 62.4 Å². The minimum absolute atomic E-state index is 0.0958. The first kappa shape index (κ1) is 26.0. The summed E-state index contributed by atoms with van der Waals surface area (Å²) in [4.78, 5) is 34.8. The number of non-ortho nitro benzene ring substituents is 2. The highest BCUT2D eigenvalue weighted by atomic mass is 16.7. The van der Waals surface area contributed by atoms with E-state index < -0.39 is 27.2 Å². The van der Waals surface area contributed by atoms with Gasteiger partial charge in [-0.3, -0.25) is 20.2 Å². The molecule has 0 amide bonds. The molecule has 9 nitrogen and oxygen atoms in total. The predicted octanol–water partition coefficient (Wildman–Crippen LogP) is 6.88. The summed E-state index contributed by atoms with van der Waals surface area (Å²) in [6.45, 7) is 3.35. The van der Waals surface area contributed by atoms with Crippen LogP contribution in [0.1, 0.15) is 36.1 Å². The molecule has 0 radical (unpaired) electrons. The van der Waals surface area contributed by atoms with Gasteiger partial charge in [0, 0.05) is 35.4 Å². The van der Waals surface area contributed by atoms with E-state index in [-0.39, 0.29) is 11.4 Å². The molecule has 0 bridgehead atoms. The van der Waals surface area contributed by atoms with E-state index in [0.717, 1.165) is 0 Å². The van der Waals surface area contributed by atoms with Crippen LogP contribution < -0.4 is 0 Å². The number of carbonyl (C=O) groups excluding carboxylic acids is 1. The number of nitro groups is 2. The zero-order valence-corrected chi connectivity index (χ0v) is 20.6. The fourth-order valence-electron chi connectivity index (χ4n) is 4.24. The lowest BCUT2D eigenvalue weighted by Gasteiger charge is -2.34. The summed E-state index contributed by atoms with van der Waals surface area (Å²) in [5.41, 5.74) is -0.625. The molecule has 0 fully saturated rings. The lowest BCUT2D eigenvalue weighted by atomic mass is 9.87. The van der Waals surface area contributed by atoms with Crippen LogP contribution in [0.2, 0.25) is 0 Å². The summed E-state index contributed by atoms with van der Waals surface area (Å²) < 4.78 is 11.9. The number of hydrogen-bond acceptors (Lipinski definition) is 7. The Hall–Kier alpha value is -5.05. The molecule has 4 aromatic carbocycles. The highest BCUT2D eigenvalue weighted by molar-refractivity contribution is 5.64. The molecule has 0 N–H and O–H groups in total. The lowest BCUT2D eigenvalue weighted by molar-refractivity contribution is -0.385. The van der Waals surface area contributed by atoms with E-state index in [0.29, 0.717) is 22.3 Å². The van der Waals surface area contributed by atoms with Gasteiger partial charge in [0.1, 0.15) is 0 Å². The maximum absolute atomic E-state index is 13.5. The van der Waals surface area contributed by atoms with Gasteiger partial charge in [-0.2, -0.15) is 0 Å². The van der Waals surface area contributed by atoms with Crippen molar-refractivity contribution in [1.29, 1.82) is 0 Å². The third kappa shape index (κ3) is 5.22. The fraction of sp³-hybridized carbons (Fsp3) is 0.138. The quantitative estimate of drug-likeness (QED) is 0.143. The first-order valence-electron chi connectivity index (χ1n) is 11.7. The Labute approximate surface area is 218 Å². The van der Waals surface area contributed by atoms with Gasteiger partial charge in [0.2, 0.25) is 0 Å². The Morgan fingerprint density at radius 2 is 0.842 bits per heavy atom. The third-order valence-electron chi connectivity index (χ3n) is 6.48. The van der Waals surface area contributed by atoms with E-state index in [2.05, 4.69) is 0 Å². The Bertz CT molecular complexity index is 1330. The molecule has 4 rings (SSSR count). The van der Waals surface area contributed by atoms with Gasteiger partial charge in [0.15, 0.2) is 11.2 Å². The van der Waals surface area contributed by atoms with Crippen molar-refractivity contribution in [3.8, 4) is 0 Å². The van der Waals surface area contributed by atoms with Gasteiger partial charge >= 0.3 is 6.16 Å². The highest BCUT2D eigenvalue weighted by Crippen LogP contribution is 2.38. The molecule has 0 spiro atoms. The standard InChI is InChI=1S/C29H24N2O7/c1-28(21-9-5-3-6-10-21,23-13-17-25(18-14-23)30(33)34)37-27(32)38-29(2,22-11-7-4-8-12-22)24-15-19-26(20-16-24)31(35)36/h3-20H,1-2H3/t28-,29-/m1/s1. The van der Waals surface area contributed by atoms with Gasteiger partial charge < -0.3 is 9.47 Å². The molecule has 38 heavy (non-hydrogen) atoms. The van der Waals surface area contributed by atoms with Gasteiger partial charge in [-0.1, -0.05) is 60.7 Å². The number of ether oxygens (including phenoxy) is 2. The summed E-state index contributed by atoms with van der Waals surface area (Å²) >= 11 is 0. The van der Waals surface area contributed by atoms with Gasteiger partial charge in [-0.15, -0.1) is 0 Å². The van der Waals surface area contributed by atoms with Crippen molar-refractivity contribution >= 4 is 17.5 Å². The molecule has 0 aliphatic rings. The van der Waals surface area contributed by atoms with Crippen molar-refractivity contribution in [2.75, 3.05) is 0 Å². The topological polar surface area (TPSA) is 122 Å². The maximum Gasteiger partial charge on any atom is 0.510 e. The van der Waals surface area contributed by atoms with Crippen LogP contribution in [0.15, 0.2) is 109 Å². The molecule has 0 heterocycles. The van der Waals surface area contributed by atoms with Crippen LogP contribution >= 0.6 is 0 Å². The van der Waals surface area contributed by atoms with E-state index >= 15 is 0 Å². The Morgan fingerprint density at radius 1 is 0.553 bits per heavy atom. The normalized spacial score (nSPS) is 13.9. The number of nitrogens with zero attached hydrogens (tertiary/aromatic N) is 2. The molecular formula is C29H24N2O7. The smallest absolute Gasteiger partial charge is 0.418 e. The molecule has 0 saturated heterocycles. The number of rotatable bonds is 8. The minimum Gasteiger partial charge on any atom is -0.418 e. The molecule has 0 aliphatic heterocycles. The van der Waals surface area contributed by atoms with E-state index in [9.17, 15) is 25.0 Å². The van der Waals surface area contributed by atoms with Gasteiger partial charge in [0.25, 0.3) is 11.4 Å². The number of hydrogen-bond donors (Lipinski definition) is 0. The first-order chi connectivity index (χ1) is 18.1. The highest BCUT2D eigenvalue weighted by Gasteiger charge is 2.39. The average molecular weight is 513 g/mol. The predicted molar refractivity (Wildman–Crippen MR) is 140 cm³/mol. The SMILES string of the molecule is C[C@@](OC(=O)O[C@](C)(c1ccccc1)c1ccc([N+](=O)[O-])cc1)(c1ccccc1)c1ccc([N+](=O)[O-])cc1. The molecule has 0 unspecified atom stereocenters. The maximum atomic E-state index is 13.5. The summed E-state index contributed by atoms with van der Waals surface area (Å²) in [7, 11) is 0. The van der Waals surface area contributed by atoms with E-state index in [1.165, 1.54) is 48.5 Å². The van der Waals surface area contributed by atoms with Crippen LogP contribution in [-0.2, 0) is 20.7 Å². The van der Waals surface area contributed by atoms with Crippen LogP contribution in [0.3, 0.4) is 0 Å². The van der Waals surface area contributed by atoms with Gasteiger partial charge in [-0.05, 0) is 49.2 Å². The molecule has 9 heteroatoms. The van der Waals surface area contributed by atoms with Crippen LogP contribution in [-0.4, -0.2) is 16.0 Å². The van der Waals surface area contributed by atoms with E-state index in [1.807, 2.05) is 12.1 Å². The Kier molecular flexibility index (Phi) is 7.20. The summed E-state index contributed by atoms with van der Waals surface area (Å²) in [6.07, 6.45) is -1.00. The second-order valence-electron chi connectivity index (χ2n) is 8.86. The van der Waals surface area contributed by atoms with Gasteiger partial charge in [0.05, 0.1) is 9.85 Å². The molecular weight excluding hydrogens is 488 g/mol. The number of carbonyl (C=O) groups is 1. The average Bonchev–Trinajstić information content (AvgIpc) is 2.94. The molecule has 192 valence electrons. The summed E-state index contributed by atoms with van der Waals surface area (Å²) in [5.74, 6) is 0. The second-order valence-corrected chi connectivity index (χ2v) is 8.86. The van der Waals surface area contributed by atoms with Crippen molar-refractivity contribution < 1.29 is 24.1 Å². The number of benzene rings is 4. The van der Waals surface area contributed by atoms with Crippen LogP contribution in [0.4, 0.5) is 16.2 Å². The second kappa shape index (κ2) is 10.5.